The molecular formula is C34H54O8. The van der Waals surface area contributed by atoms with E-state index in [1.807, 2.05) is 40.7 Å². The molecule has 0 bridgehead atoms. The van der Waals surface area contributed by atoms with Gasteiger partial charge in [0.25, 0.3) is 0 Å². The maximum absolute atomic E-state index is 12.7. The number of ether oxygens (including phenoxy) is 3. The molecule has 42 heavy (non-hydrogen) atoms. The lowest BCUT2D eigenvalue weighted by molar-refractivity contribution is -0.150. The Labute approximate surface area is 252 Å². The highest BCUT2D eigenvalue weighted by molar-refractivity contribution is 5.82. The van der Waals surface area contributed by atoms with Crippen LogP contribution in [0, 0.1) is 35.5 Å². The summed E-state index contributed by atoms with van der Waals surface area (Å²) in [6.45, 7) is 15.4. The zero-order valence-electron chi connectivity index (χ0n) is 26.5. The molecule has 0 saturated heterocycles. The van der Waals surface area contributed by atoms with Crippen LogP contribution in [0.5, 0.6) is 0 Å². The van der Waals surface area contributed by atoms with Gasteiger partial charge in [0, 0.05) is 36.2 Å². The third-order valence-electron chi connectivity index (χ3n) is 8.18. The van der Waals surface area contributed by atoms with Gasteiger partial charge < -0.3 is 29.5 Å². The highest BCUT2D eigenvalue weighted by atomic mass is 16.7. The lowest BCUT2D eigenvalue weighted by atomic mass is 9.82. The Bertz CT molecular complexity index is 938. The number of cyclic esters (lactones) is 1. The first-order chi connectivity index (χ1) is 19.8. The fourth-order valence-electron chi connectivity index (χ4n) is 5.28. The Morgan fingerprint density at radius 3 is 2.33 bits per heavy atom. The molecular weight excluding hydrogens is 536 g/mol. The van der Waals surface area contributed by atoms with Gasteiger partial charge in [-0.3, -0.25) is 0 Å². The number of carbonyl (C=O) groups is 2. The molecule has 1 aliphatic rings. The molecule has 3 N–H and O–H groups in total. The van der Waals surface area contributed by atoms with Gasteiger partial charge in [-0.25, -0.2) is 9.59 Å². The first-order valence-electron chi connectivity index (χ1n) is 15.1. The van der Waals surface area contributed by atoms with Crippen molar-refractivity contribution in [2.24, 2.45) is 35.5 Å². The Balaban J connectivity index is 3.29. The number of aliphatic hydroxyl groups is 3. The molecule has 0 radical (unpaired) electrons. The molecule has 8 heteroatoms. The van der Waals surface area contributed by atoms with Crippen LogP contribution >= 0.6 is 0 Å². The Morgan fingerprint density at radius 2 is 1.69 bits per heavy atom. The van der Waals surface area contributed by atoms with E-state index in [4.69, 9.17) is 9.47 Å². The highest BCUT2D eigenvalue weighted by Crippen LogP contribution is 2.28. The minimum absolute atomic E-state index is 0.0210. The van der Waals surface area contributed by atoms with E-state index in [0.717, 1.165) is 12.8 Å². The van der Waals surface area contributed by atoms with Crippen molar-refractivity contribution in [3.63, 3.8) is 0 Å². The standard InChI is InChI=1S/C34H54O8/c1-9-10-13-25(5)33-27(7)29(35)19-16-22(2)20-26(6)32(38)24(4)17-18-28(41-34(39)40-8)21-30(36)23(3)14-11-12-15-31(37)42-33/h9-15,17-18,22-30,32-33,35-36,38H,1,16,19-21H2,2-8H3/b13-10-,14-11+,15-12-,18-17-/t22-,23+,24-,25-,26-,27-,28+,29+,30-,32-,33-/m0/s1. The molecule has 8 nitrogen and oxygen atoms in total. The molecule has 0 aromatic heterocycles. The van der Waals surface area contributed by atoms with Gasteiger partial charge in [-0.05, 0) is 37.2 Å². The smallest absolute Gasteiger partial charge is 0.458 e. The molecule has 1 heterocycles. The molecule has 0 aromatic rings. The van der Waals surface area contributed by atoms with Gasteiger partial charge in [-0.1, -0.05) is 90.7 Å². The van der Waals surface area contributed by atoms with E-state index in [9.17, 15) is 24.9 Å². The molecule has 0 fully saturated rings. The third kappa shape index (κ3) is 13.5. The van der Waals surface area contributed by atoms with Gasteiger partial charge in [0.15, 0.2) is 0 Å². The molecule has 238 valence electrons. The van der Waals surface area contributed by atoms with Crippen molar-refractivity contribution < 1.29 is 39.1 Å². The van der Waals surface area contributed by atoms with E-state index >= 15 is 0 Å². The molecule has 1 rings (SSSR count). The summed E-state index contributed by atoms with van der Waals surface area (Å²) < 4.78 is 15.8. The quantitative estimate of drug-likeness (QED) is 0.209. The van der Waals surface area contributed by atoms with Crippen molar-refractivity contribution >= 4 is 12.1 Å². The number of aliphatic hydroxyl groups excluding tert-OH is 3. The molecule has 0 unspecified atom stereocenters. The van der Waals surface area contributed by atoms with E-state index in [1.165, 1.54) is 13.2 Å². The second-order valence-electron chi connectivity index (χ2n) is 12.0. The topological polar surface area (TPSA) is 123 Å². The van der Waals surface area contributed by atoms with Gasteiger partial charge in [0.1, 0.15) is 12.2 Å². The van der Waals surface area contributed by atoms with Crippen LogP contribution in [0.1, 0.15) is 67.2 Å². The van der Waals surface area contributed by atoms with Crippen LogP contribution in [-0.2, 0) is 19.0 Å². The zero-order valence-corrected chi connectivity index (χ0v) is 26.5. The number of esters is 1. The summed E-state index contributed by atoms with van der Waals surface area (Å²) in [5.74, 6) is -1.31. The van der Waals surface area contributed by atoms with Crippen LogP contribution in [0.4, 0.5) is 4.79 Å². The van der Waals surface area contributed by atoms with Crippen LogP contribution in [0.25, 0.3) is 0 Å². The van der Waals surface area contributed by atoms with Crippen LogP contribution < -0.4 is 0 Å². The summed E-state index contributed by atoms with van der Waals surface area (Å²) in [7, 11) is 1.22. The van der Waals surface area contributed by atoms with Gasteiger partial charge in [-0.2, -0.15) is 0 Å². The van der Waals surface area contributed by atoms with Gasteiger partial charge >= 0.3 is 12.1 Å². The van der Waals surface area contributed by atoms with Crippen molar-refractivity contribution in [1.82, 2.24) is 0 Å². The van der Waals surface area contributed by atoms with Crippen LogP contribution in [0.3, 0.4) is 0 Å². The molecule has 0 amide bonds. The van der Waals surface area contributed by atoms with Crippen molar-refractivity contribution in [1.29, 1.82) is 0 Å². The van der Waals surface area contributed by atoms with Gasteiger partial charge in [0.2, 0.25) is 0 Å². The molecule has 11 atom stereocenters. The van der Waals surface area contributed by atoms with Crippen molar-refractivity contribution in [3.8, 4) is 0 Å². The highest BCUT2D eigenvalue weighted by Gasteiger charge is 2.31. The molecule has 0 aliphatic carbocycles. The second-order valence-corrected chi connectivity index (χ2v) is 12.0. The van der Waals surface area contributed by atoms with Gasteiger partial charge in [0.05, 0.1) is 25.4 Å². The third-order valence-corrected chi connectivity index (χ3v) is 8.18. The van der Waals surface area contributed by atoms with E-state index in [2.05, 4.69) is 18.2 Å². The zero-order chi connectivity index (χ0) is 31.8. The predicted molar refractivity (Wildman–Crippen MR) is 165 cm³/mol. The number of hydrogen-bond donors (Lipinski definition) is 3. The summed E-state index contributed by atoms with van der Waals surface area (Å²) in [5, 5.41) is 32.9. The maximum atomic E-state index is 12.7. The summed E-state index contributed by atoms with van der Waals surface area (Å²) in [4.78, 5) is 24.6. The fourth-order valence-corrected chi connectivity index (χ4v) is 5.28. The average Bonchev–Trinajstić information content (AvgIpc) is 2.96. The minimum Gasteiger partial charge on any atom is -0.458 e. The molecule has 1 aliphatic heterocycles. The fraction of sp³-hybridized carbons (Fsp3) is 0.647. The average molecular weight is 591 g/mol. The summed E-state index contributed by atoms with van der Waals surface area (Å²) in [6, 6.07) is 0. The lowest BCUT2D eigenvalue weighted by Crippen LogP contribution is -2.37. The lowest BCUT2D eigenvalue weighted by Gasteiger charge is -2.31. The van der Waals surface area contributed by atoms with Crippen molar-refractivity contribution in [2.45, 2.75) is 97.7 Å². The predicted octanol–water partition coefficient (Wildman–Crippen LogP) is 5.93. The summed E-state index contributed by atoms with van der Waals surface area (Å²) >= 11 is 0. The van der Waals surface area contributed by atoms with Crippen LogP contribution in [0.2, 0.25) is 0 Å². The monoisotopic (exact) mass is 590 g/mol. The first kappa shape index (κ1) is 37.3. The largest absolute Gasteiger partial charge is 0.508 e. The number of methoxy groups -OCH3 is 1. The van der Waals surface area contributed by atoms with E-state index < -0.39 is 42.6 Å². The maximum Gasteiger partial charge on any atom is 0.508 e. The van der Waals surface area contributed by atoms with Crippen LogP contribution in [0.15, 0.2) is 61.3 Å². The second kappa shape index (κ2) is 19.5. The van der Waals surface area contributed by atoms with E-state index in [-0.39, 0.29) is 41.9 Å². The SMILES string of the molecule is C=C/C=C\[C@H](C)[C@@H]1OC(=O)/C=C\C=C\[C@@H](C)[C@@H](O)C[C@H](OC(=O)OC)/C=C\[C@H](C)[C@H](O)[C@@H](C)C[C@@H](C)CC[C@@H](O)[C@@H]1C. The number of hydrogen-bond acceptors (Lipinski definition) is 8. The Hall–Kier alpha value is -2.68. The normalized spacial score (nSPS) is 37.7. The van der Waals surface area contributed by atoms with E-state index in [1.54, 1.807) is 42.5 Å². The number of rotatable bonds is 4. The molecule has 0 spiro atoms. The van der Waals surface area contributed by atoms with Gasteiger partial charge in [-0.15, -0.1) is 0 Å². The summed E-state index contributed by atoms with van der Waals surface area (Å²) in [6.07, 6.45) is 13.0. The molecule has 0 saturated carbocycles. The van der Waals surface area contributed by atoms with Crippen LogP contribution in [-0.4, -0.2) is 65.1 Å². The summed E-state index contributed by atoms with van der Waals surface area (Å²) in [5.41, 5.74) is 0. The molecule has 0 aromatic carbocycles. The van der Waals surface area contributed by atoms with Crippen molar-refractivity contribution in [2.75, 3.05) is 7.11 Å². The Morgan fingerprint density at radius 1 is 1.00 bits per heavy atom. The number of carbonyl (C=O) groups excluding carboxylic acids is 2. The number of allylic oxidation sites excluding steroid dienone is 4. The van der Waals surface area contributed by atoms with Crippen molar-refractivity contribution in [3.05, 3.63) is 61.3 Å². The first-order valence-corrected chi connectivity index (χ1v) is 15.1. The Kier molecular flexibility index (Phi) is 17.3. The van der Waals surface area contributed by atoms with E-state index in [0.29, 0.717) is 6.42 Å². The minimum atomic E-state index is -0.859.